The van der Waals surface area contributed by atoms with E-state index in [-0.39, 0.29) is 0 Å². The van der Waals surface area contributed by atoms with Crippen molar-refractivity contribution in [3.05, 3.63) is 23.8 Å². The van der Waals surface area contributed by atoms with Crippen molar-refractivity contribution in [1.29, 1.82) is 0 Å². The highest BCUT2D eigenvalue weighted by Gasteiger charge is 2.13. The maximum atomic E-state index is 6.04. The Morgan fingerprint density at radius 1 is 1.24 bits per heavy atom. The summed E-state index contributed by atoms with van der Waals surface area (Å²) < 4.78 is 12.1. The van der Waals surface area contributed by atoms with Gasteiger partial charge < -0.3 is 15.2 Å². The SMILES string of the molecule is COCCOCCCn1nnnc1-c1c(C)cccc1N. The van der Waals surface area contributed by atoms with E-state index < -0.39 is 0 Å². The summed E-state index contributed by atoms with van der Waals surface area (Å²) in [5.74, 6) is 0.697. The van der Waals surface area contributed by atoms with Crippen LogP contribution in [0.1, 0.15) is 12.0 Å². The fourth-order valence-electron chi connectivity index (χ4n) is 2.09. The van der Waals surface area contributed by atoms with Crippen LogP contribution in [0.3, 0.4) is 0 Å². The van der Waals surface area contributed by atoms with E-state index in [2.05, 4.69) is 15.5 Å². The number of methoxy groups -OCH3 is 1. The highest BCUT2D eigenvalue weighted by molar-refractivity contribution is 5.74. The van der Waals surface area contributed by atoms with Gasteiger partial charge in [0.1, 0.15) is 0 Å². The Kier molecular flexibility index (Phi) is 5.65. The molecule has 21 heavy (non-hydrogen) atoms. The smallest absolute Gasteiger partial charge is 0.184 e. The van der Waals surface area contributed by atoms with Crippen molar-refractivity contribution in [1.82, 2.24) is 20.2 Å². The Morgan fingerprint density at radius 3 is 2.86 bits per heavy atom. The molecule has 0 atom stereocenters. The topological polar surface area (TPSA) is 88.1 Å². The Labute approximate surface area is 124 Å². The van der Waals surface area contributed by atoms with E-state index in [0.717, 1.165) is 17.5 Å². The van der Waals surface area contributed by atoms with Crippen molar-refractivity contribution in [3.63, 3.8) is 0 Å². The van der Waals surface area contributed by atoms with Crippen molar-refractivity contribution in [3.8, 4) is 11.4 Å². The number of nitrogens with zero attached hydrogens (tertiary/aromatic N) is 4. The first kappa shape index (κ1) is 15.4. The van der Waals surface area contributed by atoms with Gasteiger partial charge in [-0.3, -0.25) is 0 Å². The molecule has 0 aliphatic heterocycles. The highest BCUT2D eigenvalue weighted by atomic mass is 16.5. The molecule has 7 heteroatoms. The molecule has 0 bridgehead atoms. The zero-order valence-corrected chi connectivity index (χ0v) is 12.5. The molecular formula is C14H21N5O2. The van der Waals surface area contributed by atoms with Crippen LogP contribution in [0.15, 0.2) is 18.2 Å². The van der Waals surface area contributed by atoms with E-state index in [4.69, 9.17) is 15.2 Å². The zero-order chi connectivity index (χ0) is 15.1. The van der Waals surface area contributed by atoms with Crippen molar-refractivity contribution >= 4 is 5.69 Å². The average molecular weight is 291 g/mol. The van der Waals surface area contributed by atoms with Crippen LogP contribution in [0.4, 0.5) is 5.69 Å². The molecule has 114 valence electrons. The normalized spacial score (nSPS) is 11.0. The van der Waals surface area contributed by atoms with Crippen molar-refractivity contribution < 1.29 is 9.47 Å². The van der Waals surface area contributed by atoms with Gasteiger partial charge in [0, 0.05) is 31.5 Å². The van der Waals surface area contributed by atoms with Crippen LogP contribution in [0.5, 0.6) is 0 Å². The first-order chi connectivity index (χ1) is 10.2. The van der Waals surface area contributed by atoms with E-state index >= 15 is 0 Å². The van der Waals surface area contributed by atoms with Gasteiger partial charge in [0.05, 0.1) is 13.2 Å². The first-order valence-corrected chi connectivity index (χ1v) is 6.92. The minimum absolute atomic E-state index is 0.601. The molecule has 1 aromatic carbocycles. The molecule has 2 rings (SSSR count). The predicted molar refractivity (Wildman–Crippen MR) is 79.7 cm³/mol. The monoisotopic (exact) mass is 291 g/mol. The van der Waals surface area contributed by atoms with E-state index in [1.165, 1.54) is 0 Å². The summed E-state index contributed by atoms with van der Waals surface area (Å²) in [6, 6.07) is 5.78. The van der Waals surface area contributed by atoms with Crippen LogP contribution in [0, 0.1) is 6.92 Å². The first-order valence-electron chi connectivity index (χ1n) is 6.92. The van der Waals surface area contributed by atoms with E-state index in [1.54, 1.807) is 11.8 Å². The number of aromatic nitrogens is 4. The average Bonchev–Trinajstić information content (AvgIpc) is 2.91. The maximum Gasteiger partial charge on any atom is 0.184 e. The minimum Gasteiger partial charge on any atom is -0.398 e. The number of aryl methyl sites for hydroxylation is 2. The van der Waals surface area contributed by atoms with Crippen LogP contribution in [0.25, 0.3) is 11.4 Å². The molecule has 2 N–H and O–H groups in total. The Morgan fingerprint density at radius 2 is 2.10 bits per heavy atom. The molecule has 0 aliphatic carbocycles. The van der Waals surface area contributed by atoms with Gasteiger partial charge in [-0.25, -0.2) is 4.68 Å². The lowest BCUT2D eigenvalue weighted by Gasteiger charge is -2.09. The molecule has 7 nitrogen and oxygen atoms in total. The second-order valence-electron chi connectivity index (χ2n) is 4.72. The number of nitrogens with two attached hydrogens (primary N) is 1. The summed E-state index contributed by atoms with van der Waals surface area (Å²) >= 11 is 0. The van der Waals surface area contributed by atoms with Gasteiger partial charge in [0.15, 0.2) is 5.82 Å². The quantitative estimate of drug-likeness (QED) is 0.582. The predicted octanol–water partition coefficient (Wildman–Crippen LogP) is 1.28. The lowest BCUT2D eigenvalue weighted by atomic mass is 10.1. The van der Waals surface area contributed by atoms with E-state index in [9.17, 15) is 0 Å². The van der Waals surface area contributed by atoms with Gasteiger partial charge in [-0.1, -0.05) is 12.1 Å². The molecule has 1 heterocycles. The minimum atomic E-state index is 0.601. The van der Waals surface area contributed by atoms with E-state index in [1.807, 2.05) is 25.1 Å². The molecule has 0 spiro atoms. The van der Waals surface area contributed by atoms with Crippen LogP contribution >= 0.6 is 0 Å². The summed E-state index contributed by atoms with van der Waals surface area (Å²) in [4.78, 5) is 0. The van der Waals surface area contributed by atoms with Crippen LogP contribution in [0.2, 0.25) is 0 Å². The number of hydrogen-bond donors (Lipinski definition) is 1. The lowest BCUT2D eigenvalue weighted by Crippen LogP contribution is -2.09. The molecule has 0 fully saturated rings. The second-order valence-corrected chi connectivity index (χ2v) is 4.72. The Hall–Kier alpha value is -1.99. The Balaban J connectivity index is 1.99. The van der Waals surface area contributed by atoms with Crippen LogP contribution in [-0.4, -0.2) is 47.1 Å². The number of rotatable bonds is 8. The highest BCUT2D eigenvalue weighted by Crippen LogP contribution is 2.26. The number of anilines is 1. The van der Waals surface area contributed by atoms with Gasteiger partial charge in [-0.15, -0.1) is 5.10 Å². The summed E-state index contributed by atoms with van der Waals surface area (Å²) in [5.41, 5.74) is 8.68. The lowest BCUT2D eigenvalue weighted by molar-refractivity contribution is 0.0677. The second kappa shape index (κ2) is 7.70. The molecule has 0 saturated heterocycles. The standard InChI is InChI=1S/C14H21N5O2/c1-11-5-3-6-12(15)13(11)14-16-17-18-19(14)7-4-8-21-10-9-20-2/h3,5-6H,4,7-10,15H2,1-2H3. The summed E-state index contributed by atoms with van der Waals surface area (Å²) in [7, 11) is 1.66. The molecule has 1 aromatic heterocycles. The van der Waals surface area contributed by atoms with Crippen molar-refractivity contribution in [2.45, 2.75) is 19.9 Å². The third kappa shape index (κ3) is 3.99. The molecule has 0 unspecified atom stereocenters. The summed E-state index contributed by atoms with van der Waals surface area (Å²) in [6.45, 7) is 4.53. The van der Waals surface area contributed by atoms with Crippen LogP contribution in [-0.2, 0) is 16.0 Å². The summed E-state index contributed by atoms with van der Waals surface area (Å²) in [5, 5.41) is 11.9. The third-order valence-electron chi connectivity index (χ3n) is 3.15. The number of hydrogen-bond acceptors (Lipinski definition) is 6. The maximum absolute atomic E-state index is 6.04. The number of nitrogen functional groups attached to an aromatic ring is 1. The molecule has 0 aliphatic rings. The van der Waals surface area contributed by atoms with Crippen LogP contribution < -0.4 is 5.73 Å². The van der Waals surface area contributed by atoms with Gasteiger partial charge in [0.25, 0.3) is 0 Å². The van der Waals surface area contributed by atoms with Crippen molar-refractivity contribution in [2.24, 2.45) is 0 Å². The van der Waals surface area contributed by atoms with Crippen molar-refractivity contribution in [2.75, 3.05) is 32.7 Å². The molecule has 0 saturated carbocycles. The van der Waals surface area contributed by atoms with Gasteiger partial charge >= 0.3 is 0 Å². The third-order valence-corrected chi connectivity index (χ3v) is 3.15. The number of ether oxygens (including phenoxy) is 2. The largest absolute Gasteiger partial charge is 0.398 e. The Bertz CT molecular complexity index is 550. The number of tetrazole rings is 1. The molecule has 0 amide bonds. The fourth-order valence-corrected chi connectivity index (χ4v) is 2.09. The van der Waals surface area contributed by atoms with Gasteiger partial charge in [-0.2, -0.15) is 0 Å². The molecular weight excluding hydrogens is 270 g/mol. The van der Waals surface area contributed by atoms with E-state index in [0.29, 0.717) is 37.9 Å². The zero-order valence-electron chi connectivity index (χ0n) is 12.5. The fraction of sp³-hybridized carbons (Fsp3) is 0.500. The van der Waals surface area contributed by atoms with Gasteiger partial charge in [-0.05, 0) is 35.4 Å². The number of benzene rings is 1. The molecule has 0 radical (unpaired) electrons. The summed E-state index contributed by atoms with van der Waals surface area (Å²) in [6.07, 6.45) is 0.827. The molecule has 2 aromatic rings. The van der Waals surface area contributed by atoms with Gasteiger partial charge in [0.2, 0.25) is 0 Å².